The van der Waals surface area contributed by atoms with Gasteiger partial charge >= 0.3 is 0 Å². The van der Waals surface area contributed by atoms with Gasteiger partial charge in [-0.3, -0.25) is 14.3 Å². The first-order chi connectivity index (χ1) is 11.0. The number of amides is 2. The molecule has 122 valence electrons. The summed E-state index contributed by atoms with van der Waals surface area (Å²) in [5.74, 6) is -0.690. The van der Waals surface area contributed by atoms with Crippen LogP contribution in [0.2, 0.25) is 5.02 Å². The highest BCUT2D eigenvalue weighted by atomic mass is 35.5. The highest BCUT2D eigenvalue weighted by Gasteiger charge is 2.10. The molecule has 0 saturated heterocycles. The molecule has 1 aromatic heterocycles. The van der Waals surface area contributed by atoms with Crippen LogP contribution >= 0.6 is 11.6 Å². The lowest BCUT2D eigenvalue weighted by molar-refractivity contribution is -0.126. The Morgan fingerprint density at radius 1 is 1.30 bits per heavy atom. The summed E-state index contributed by atoms with van der Waals surface area (Å²) in [7, 11) is 0. The fourth-order valence-corrected chi connectivity index (χ4v) is 2.12. The Bertz CT molecular complexity index is 673. The van der Waals surface area contributed by atoms with Crippen LogP contribution in [0.25, 0.3) is 0 Å². The van der Waals surface area contributed by atoms with Crippen LogP contribution in [0, 0.1) is 6.92 Å². The predicted octanol–water partition coefficient (Wildman–Crippen LogP) is 1.78. The number of rotatable bonds is 7. The van der Waals surface area contributed by atoms with Crippen LogP contribution in [0.3, 0.4) is 0 Å². The van der Waals surface area contributed by atoms with Gasteiger partial charge in [-0.15, -0.1) is 5.10 Å². The van der Waals surface area contributed by atoms with Crippen molar-refractivity contribution in [3.05, 3.63) is 41.2 Å². The fraction of sp³-hybridized carbons (Fsp3) is 0.333. The lowest BCUT2D eigenvalue weighted by Gasteiger charge is -2.09. The first kappa shape index (κ1) is 17.0. The van der Waals surface area contributed by atoms with E-state index < -0.39 is 0 Å². The van der Waals surface area contributed by atoms with Crippen molar-refractivity contribution in [2.75, 3.05) is 11.9 Å². The molecule has 23 heavy (non-hydrogen) atoms. The molecule has 0 aliphatic rings. The molecule has 2 amide bonds. The van der Waals surface area contributed by atoms with Gasteiger partial charge in [-0.05, 0) is 31.0 Å². The zero-order chi connectivity index (χ0) is 16.7. The first-order valence-electron chi connectivity index (χ1n) is 7.21. The lowest BCUT2D eigenvalue weighted by atomic mass is 10.2. The molecule has 0 unspecified atom stereocenters. The molecule has 0 atom stereocenters. The Balaban J connectivity index is 1.70. The maximum absolute atomic E-state index is 11.9. The zero-order valence-corrected chi connectivity index (χ0v) is 13.5. The van der Waals surface area contributed by atoms with E-state index in [1.807, 2.05) is 13.0 Å². The maximum atomic E-state index is 11.9. The molecule has 1 heterocycles. The third-order valence-corrected chi connectivity index (χ3v) is 3.39. The van der Waals surface area contributed by atoms with E-state index in [0.717, 1.165) is 5.56 Å². The van der Waals surface area contributed by atoms with E-state index in [4.69, 9.17) is 11.6 Å². The number of nitrogens with zero attached hydrogens (tertiary/aromatic N) is 3. The predicted molar refractivity (Wildman–Crippen MR) is 87.1 cm³/mol. The van der Waals surface area contributed by atoms with Gasteiger partial charge in [0, 0.05) is 30.0 Å². The molecule has 2 aromatic rings. The Kier molecular flexibility index (Phi) is 6.10. The fourth-order valence-electron chi connectivity index (χ4n) is 1.95. The minimum atomic E-state index is -0.371. The van der Waals surface area contributed by atoms with Gasteiger partial charge in [0.05, 0.1) is 6.20 Å². The van der Waals surface area contributed by atoms with Gasteiger partial charge in [0.25, 0.3) is 0 Å². The summed E-state index contributed by atoms with van der Waals surface area (Å²) in [6, 6.07) is 5.21. The molecule has 1 aromatic carbocycles. The normalized spacial score (nSPS) is 10.3. The van der Waals surface area contributed by atoms with Crippen molar-refractivity contribution >= 4 is 29.1 Å². The van der Waals surface area contributed by atoms with Crippen molar-refractivity contribution in [2.45, 2.75) is 26.3 Å². The Morgan fingerprint density at radius 3 is 2.87 bits per heavy atom. The van der Waals surface area contributed by atoms with Gasteiger partial charge in [0.15, 0.2) is 0 Å². The van der Waals surface area contributed by atoms with Crippen molar-refractivity contribution in [2.24, 2.45) is 0 Å². The Hall–Kier alpha value is -2.41. The van der Waals surface area contributed by atoms with E-state index in [0.29, 0.717) is 30.2 Å². The van der Waals surface area contributed by atoms with Crippen LogP contribution in [0.4, 0.5) is 5.69 Å². The molecule has 0 radical (unpaired) electrons. The van der Waals surface area contributed by atoms with Gasteiger partial charge in [0.2, 0.25) is 11.8 Å². The molecule has 2 N–H and O–H groups in total. The number of hydrogen-bond donors (Lipinski definition) is 2. The smallest absolute Gasteiger partial charge is 0.233 e. The molecule has 0 spiro atoms. The number of carbonyl (C=O) groups excluding carboxylic acids is 2. The highest BCUT2D eigenvalue weighted by Crippen LogP contribution is 2.20. The van der Waals surface area contributed by atoms with Gasteiger partial charge < -0.3 is 10.6 Å². The van der Waals surface area contributed by atoms with Crippen LogP contribution in [-0.2, 0) is 16.1 Å². The maximum Gasteiger partial charge on any atom is 0.233 e. The Labute approximate surface area is 139 Å². The summed E-state index contributed by atoms with van der Waals surface area (Å²) in [6.45, 7) is 2.99. The van der Waals surface area contributed by atoms with Crippen molar-refractivity contribution < 1.29 is 9.59 Å². The molecular formula is C15H18ClN5O2. The van der Waals surface area contributed by atoms with E-state index >= 15 is 0 Å². The summed E-state index contributed by atoms with van der Waals surface area (Å²) < 4.78 is 1.68. The van der Waals surface area contributed by atoms with E-state index in [9.17, 15) is 9.59 Å². The number of hydrogen-bond acceptors (Lipinski definition) is 4. The summed E-state index contributed by atoms with van der Waals surface area (Å²) in [6.07, 6.45) is 3.84. The minimum absolute atomic E-state index is 0.227. The van der Waals surface area contributed by atoms with Crippen LogP contribution in [0.5, 0.6) is 0 Å². The number of nitrogens with one attached hydrogen (secondary N) is 2. The second-order valence-corrected chi connectivity index (χ2v) is 5.49. The van der Waals surface area contributed by atoms with Crippen molar-refractivity contribution in [1.82, 2.24) is 20.3 Å². The molecule has 0 aliphatic carbocycles. The van der Waals surface area contributed by atoms with E-state index in [1.165, 1.54) is 0 Å². The average molecular weight is 336 g/mol. The second-order valence-electron chi connectivity index (χ2n) is 5.05. The third kappa shape index (κ3) is 5.71. The topological polar surface area (TPSA) is 88.9 Å². The van der Waals surface area contributed by atoms with E-state index in [-0.39, 0.29) is 18.2 Å². The molecule has 0 bridgehead atoms. The third-order valence-electron chi connectivity index (χ3n) is 3.15. The molecule has 0 aliphatic heterocycles. The standard InChI is InChI=1S/C15H18ClN5O2/c1-11-3-4-12(16)9-13(11)19-15(23)10-14(22)17-5-2-7-21-8-6-18-20-21/h3-4,6,8-9H,2,5,7,10H2,1H3,(H,17,22)(H,19,23). The Morgan fingerprint density at radius 2 is 2.13 bits per heavy atom. The average Bonchev–Trinajstić information content (AvgIpc) is 3.00. The monoisotopic (exact) mass is 335 g/mol. The van der Waals surface area contributed by atoms with Crippen LogP contribution in [-0.4, -0.2) is 33.4 Å². The van der Waals surface area contributed by atoms with Crippen LogP contribution < -0.4 is 10.6 Å². The van der Waals surface area contributed by atoms with Gasteiger partial charge in [-0.2, -0.15) is 0 Å². The number of aryl methyl sites for hydroxylation is 2. The highest BCUT2D eigenvalue weighted by molar-refractivity contribution is 6.31. The number of carbonyl (C=O) groups is 2. The summed E-state index contributed by atoms with van der Waals surface area (Å²) >= 11 is 5.89. The van der Waals surface area contributed by atoms with Gasteiger partial charge in [-0.1, -0.05) is 22.9 Å². The van der Waals surface area contributed by atoms with E-state index in [1.54, 1.807) is 29.2 Å². The number of benzene rings is 1. The minimum Gasteiger partial charge on any atom is -0.356 e. The van der Waals surface area contributed by atoms with Gasteiger partial charge in [0.1, 0.15) is 6.42 Å². The quantitative estimate of drug-likeness (QED) is 0.596. The van der Waals surface area contributed by atoms with E-state index in [2.05, 4.69) is 20.9 Å². The summed E-state index contributed by atoms with van der Waals surface area (Å²) in [5, 5.41) is 13.4. The molecular weight excluding hydrogens is 318 g/mol. The largest absolute Gasteiger partial charge is 0.356 e. The molecule has 7 nitrogen and oxygen atoms in total. The molecule has 0 saturated carbocycles. The first-order valence-corrected chi connectivity index (χ1v) is 7.59. The van der Waals surface area contributed by atoms with Crippen molar-refractivity contribution in [3.63, 3.8) is 0 Å². The van der Waals surface area contributed by atoms with Crippen molar-refractivity contribution in [3.8, 4) is 0 Å². The summed E-state index contributed by atoms with van der Waals surface area (Å²) in [5.41, 5.74) is 1.50. The zero-order valence-electron chi connectivity index (χ0n) is 12.8. The van der Waals surface area contributed by atoms with Crippen LogP contribution in [0.1, 0.15) is 18.4 Å². The van der Waals surface area contributed by atoms with Crippen molar-refractivity contribution in [1.29, 1.82) is 0 Å². The second kappa shape index (κ2) is 8.28. The number of aromatic nitrogens is 3. The molecule has 0 fully saturated rings. The van der Waals surface area contributed by atoms with Gasteiger partial charge in [-0.25, -0.2) is 0 Å². The SMILES string of the molecule is Cc1ccc(Cl)cc1NC(=O)CC(=O)NCCCn1ccnn1. The molecule has 8 heteroatoms. The lowest BCUT2D eigenvalue weighted by Crippen LogP contribution is -2.29. The number of halogens is 1. The number of anilines is 1. The molecule has 2 rings (SSSR count). The summed E-state index contributed by atoms with van der Waals surface area (Å²) in [4.78, 5) is 23.6. The van der Waals surface area contributed by atoms with Crippen LogP contribution in [0.15, 0.2) is 30.6 Å².